The molecule has 2 heterocycles. The van der Waals surface area contributed by atoms with Gasteiger partial charge in [-0.05, 0) is 18.6 Å². The summed E-state index contributed by atoms with van der Waals surface area (Å²) in [5, 5.41) is 7.07. The maximum absolute atomic E-state index is 12.4. The summed E-state index contributed by atoms with van der Waals surface area (Å²) >= 11 is 0. The second kappa shape index (κ2) is 8.28. The standard InChI is InChI=1S/C17H22N4O2.ClH/c1-12-13-4-2-3-5-14(13)20-17(23)15(12)16(22)19-8-11-21-9-6-18-7-10-21;/h2-5,18H,6-11H2,1H3,(H,19,22)(H,20,23);1H. The SMILES string of the molecule is Cc1c(C(=O)NCCN2CCNCC2)c(=O)[nH]c2ccccc12.Cl. The summed E-state index contributed by atoms with van der Waals surface area (Å²) in [6.07, 6.45) is 0. The number of halogens is 1. The van der Waals surface area contributed by atoms with Gasteiger partial charge in [-0.1, -0.05) is 18.2 Å². The smallest absolute Gasteiger partial charge is 0.261 e. The fourth-order valence-electron chi connectivity index (χ4n) is 3.03. The lowest BCUT2D eigenvalue weighted by Crippen LogP contribution is -2.46. The lowest BCUT2D eigenvalue weighted by molar-refractivity contribution is 0.0945. The normalized spacial score (nSPS) is 15.0. The molecule has 0 bridgehead atoms. The molecule has 24 heavy (non-hydrogen) atoms. The fraction of sp³-hybridized carbons (Fsp3) is 0.412. The van der Waals surface area contributed by atoms with Crippen LogP contribution >= 0.6 is 12.4 Å². The maximum Gasteiger partial charge on any atom is 0.261 e. The Bertz CT molecular complexity index is 769. The molecule has 7 heteroatoms. The Hall–Kier alpha value is -1.89. The van der Waals surface area contributed by atoms with E-state index in [4.69, 9.17) is 0 Å². The molecule has 1 aliphatic heterocycles. The topological polar surface area (TPSA) is 77.2 Å². The molecule has 0 radical (unpaired) electrons. The van der Waals surface area contributed by atoms with Crippen LogP contribution in [0.25, 0.3) is 10.9 Å². The van der Waals surface area contributed by atoms with Gasteiger partial charge in [-0.3, -0.25) is 14.5 Å². The Balaban J connectivity index is 0.00000208. The summed E-state index contributed by atoms with van der Waals surface area (Å²) in [7, 11) is 0. The van der Waals surface area contributed by atoms with Crippen molar-refractivity contribution < 1.29 is 4.79 Å². The van der Waals surface area contributed by atoms with E-state index in [1.807, 2.05) is 31.2 Å². The highest BCUT2D eigenvalue weighted by Gasteiger charge is 2.16. The van der Waals surface area contributed by atoms with Gasteiger partial charge in [-0.15, -0.1) is 12.4 Å². The van der Waals surface area contributed by atoms with Gasteiger partial charge < -0.3 is 15.6 Å². The zero-order valence-electron chi connectivity index (χ0n) is 13.7. The van der Waals surface area contributed by atoms with Crippen LogP contribution in [0.3, 0.4) is 0 Å². The van der Waals surface area contributed by atoms with E-state index in [1.165, 1.54) is 0 Å². The third-order valence-corrected chi connectivity index (χ3v) is 4.33. The number of fused-ring (bicyclic) bond motifs is 1. The zero-order chi connectivity index (χ0) is 16.2. The van der Waals surface area contributed by atoms with Crippen molar-refractivity contribution in [2.75, 3.05) is 39.3 Å². The number of aromatic amines is 1. The Kier molecular flexibility index (Phi) is 6.36. The molecular weight excluding hydrogens is 328 g/mol. The Morgan fingerprint density at radius 3 is 2.71 bits per heavy atom. The minimum Gasteiger partial charge on any atom is -0.351 e. The summed E-state index contributed by atoms with van der Waals surface area (Å²) in [6, 6.07) is 7.53. The Morgan fingerprint density at radius 1 is 1.25 bits per heavy atom. The highest BCUT2D eigenvalue weighted by atomic mass is 35.5. The van der Waals surface area contributed by atoms with Gasteiger partial charge in [0.1, 0.15) is 5.56 Å². The first-order chi connectivity index (χ1) is 11.2. The molecule has 3 N–H and O–H groups in total. The second-order valence-corrected chi connectivity index (χ2v) is 5.85. The van der Waals surface area contributed by atoms with Crippen molar-refractivity contribution in [1.29, 1.82) is 0 Å². The summed E-state index contributed by atoms with van der Waals surface area (Å²) < 4.78 is 0. The van der Waals surface area contributed by atoms with Gasteiger partial charge >= 0.3 is 0 Å². The monoisotopic (exact) mass is 350 g/mol. The highest BCUT2D eigenvalue weighted by molar-refractivity contribution is 5.99. The number of benzene rings is 1. The first-order valence-corrected chi connectivity index (χ1v) is 7.99. The number of para-hydroxylation sites is 1. The molecule has 1 aliphatic rings. The molecule has 1 saturated heterocycles. The molecule has 1 aromatic heterocycles. The molecule has 2 aromatic rings. The van der Waals surface area contributed by atoms with Crippen LogP contribution in [0.1, 0.15) is 15.9 Å². The summed E-state index contributed by atoms with van der Waals surface area (Å²) in [5.74, 6) is -0.301. The predicted octanol–water partition coefficient (Wildman–Crippen LogP) is 0.893. The number of hydrogen-bond acceptors (Lipinski definition) is 4. The average molecular weight is 351 g/mol. The Labute approximate surface area is 147 Å². The van der Waals surface area contributed by atoms with Crippen LogP contribution in [0.2, 0.25) is 0 Å². The molecule has 130 valence electrons. The van der Waals surface area contributed by atoms with E-state index >= 15 is 0 Å². The van der Waals surface area contributed by atoms with Crippen LogP contribution in [0.5, 0.6) is 0 Å². The van der Waals surface area contributed by atoms with Crippen molar-refractivity contribution in [2.24, 2.45) is 0 Å². The number of aryl methyl sites for hydroxylation is 1. The van der Waals surface area contributed by atoms with E-state index in [2.05, 4.69) is 20.5 Å². The molecule has 0 atom stereocenters. The van der Waals surface area contributed by atoms with Crippen LogP contribution in [0.15, 0.2) is 29.1 Å². The lowest BCUT2D eigenvalue weighted by atomic mass is 10.0. The van der Waals surface area contributed by atoms with Gasteiger partial charge in [0.25, 0.3) is 11.5 Å². The van der Waals surface area contributed by atoms with Crippen molar-refractivity contribution in [3.63, 3.8) is 0 Å². The van der Waals surface area contributed by atoms with Crippen molar-refractivity contribution in [3.05, 3.63) is 45.7 Å². The van der Waals surface area contributed by atoms with Crippen LogP contribution in [-0.4, -0.2) is 55.1 Å². The molecular formula is C17H23ClN4O2. The zero-order valence-corrected chi connectivity index (χ0v) is 14.5. The molecule has 1 fully saturated rings. The number of piperazine rings is 1. The number of H-pyrrole nitrogens is 1. The number of rotatable bonds is 4. The summed E-state index contributed by atoms with van der Waals surface area (Å²) in [4.78, 5) is 29.7. The molecule has 3 rings (SSSR count). The number of nitrogens with zero attached hydrogens (tertiary/aromatic N) is 1. The van der Waals surface area contributed by atoms with E-state index in [0.29, 0.717) is 6.54 Å². The van der Waals surface area contributed by atoms with E-state index in [9.17, 15) is 9.59 Å². The number of pyridine rings is 1. The van der Waals surface area contributed by atoms with E-state index in [1.54, 1.807) is 0 Å². The molecule has 0 spiro atoms. The van der Waals surface area contributed by atoms with E-state index in [-0.39, 0.29) is 29.4 Å². The van der Waals surface area contributed by atoms with Crippen molar-refractivity contribution in [3.8, 4) is 0 Å². The first-order valence-electron chi connectivity index (χ1n) is 7.99. The molecule has 0 aliphatic carbocycles. The van der Waals surface area contributed by atoms with Gasteiger partial charge in [0.2, 0.25) is 0 Å². The van der Waals surface area contributed by atoms with Crippen LogP contribution in [0, 0.1) is 6.92 Å². The molecule has 0 unspecified atom stereocenters. The predicted molar refractivity (Wildman–Crippen MR) is 98.2 cm³/mol. The third-order valence-electron chi connectivity index (χ3n) is 4.33. The van der Waals surface area contributed by atoms with Gasteiger partial charge in [0.05, 0.1) is 0 Å². The number of amides is 1. The van der Waals surface area contributed by atoms with Crippen LogP contribution in [-0.2, 0) is 0 Å². The summed E-state index contributed by atoms with van der Waals surface area (Å²) in [6.45, 7) is 7.12. The lowest BCUT2D eigenvalue weighted by Gasteiger charge is -2.27. The maximum atomic E-state index is 12.4. The number of aromatic nitrogens is 1. The van der Waals surface area contributed by atoms with Gasteiger partial charge in [0.15, 0.2) is 0 Å². The van der Waals surface area contributed by atoms with Crippen LogP contribution < -0.4 is 16.2 Å². The van der Waals surface area contributed by atoms with Crippen molar-refractivity contribution >= 4 is 29.2 Å². The number of hydrogen-bond donors (Lipinski definition) is 3. The van der Waals surface area contributed by atoms with E-state index in [0.717, 1.165) is 49.2 Å². The largest absolute Gasteiger partial charge is 0.351 e. The van der Waals surface area contributed by atoms with Crippen molar-refractivity contribution in [1.82, 2.24) is 20.5 Å². The highest BCUT2D eigenvalue weighted by Crippen LogP contribution is 2.16. The third kappa shape index (κ3) is 3.95. The van der Waals surface area contributed by atoms with Gasteiger partial charge in [0, 0.05) is 50.2 Å². The van der Waals surface area contributed by atoms with E-state index < -0.39 is 0 Å². The minimum absolute atomic E-state index is 0. The second-order valence-electron chi connectivity index (χ2n) is 5.85. The van der Waals surface area contributed by atoms with Crippen molar-refractivity contribution in [2.45, 2.75) is 6.92 Å². The van der Waals surface area contributed by atoms with Crippen LogP contribution in [0.4, 0.5) is 0 Å². The number of nitrogens with one attached hydrogen (secondary N) is 3. The molecule has 1 amide bonds. The fourth-order valence-corrected chi connectivity index (χ4v) is 3.03. The molecule has 6 nitrogen and oxygen atoms in total. The van der Waals surface area contributed by atoms with Gasteiger partial charge in [-0.25, -0.2) is 0 Å². The first kappa shape index (κ1) is 18.4. The average Bonchev–Trinajstić information content (AvgIpc) is 2.56. The summed E-state index contributed by atoms with van der Waals surface area (Å²) in [5.41, 5.74) is 1.36. The number of carbonyl (C=O) groups is 1. The van der Waals surface area contributed by atoms with Gasteiger partial charge in [-0.2, -0.15) is 0 Å². The Morgan fingerprint density at radius 2 is 1.96 bits per heavy atom. The number of carbonyl (C=O) groups excluding carboxylic acids is 1. The molecule has 1 aromatic carbocycles. The molecule has 0 saturated carbocycles. The minimum atomic E-state index is -0.333. The quantitative estimate of drug-likeness (QED) is 0.765.